The van der Waals surface area contributed by atoms with E-state index in [1.807, 2.05) is 12.3 Å². The molecular weight excluding hydrogens is 146 g/mol. The fraction of sp³-hybridized carbons (Fsp3) is 0.364. The monoisotopic (exact) mass is 161 g/mol. The first-order valence-corrected chi connectivity index (χ1v) is 4.37. The summed E-state index contributed by atoms with van der Waals surface area (Å²) >= 11 is 0. The van der Waals surface area contributed by atoms with Crippen LogP contribution in [0.15, 0.2) is 12.3 Å². The summed E-state index contributed by atoms with van der Waals surface area (Å²) in [7, 11) is 0. The minimum absolute atomic E-state index is 0.809. The number of hydrogen-bond acceptors (Lipinski definition) is 1. The van der Waals surface area contributed by atoms with Gasteiger partial charge in [0.15, 0.2) is 0 Å². The summed E-state index contributed by atoms with van der Waals surface area (Å²) < 4.78 is 0. The summed E-state index contributed by atoms with van der Waals surface area (Å²) in [5, 5.41) is 1.81. The van der Waals surface area contributed by atoms with E-state index < -0.39 is 0 Å². The van der Waals surface area contributed by atoms with Crippen LogP contribution < -0.4 is 10.6 Å². The number of aryl methyl sites for hydroxylation is 1. The Morgan fingerprint density at radius 3 is 2.83 bits per heavy atom. The maximum Gasteiger partial charge on any atom is 0.0627 e. The fourth-order valence-electron chi connectivity index (χ4n) is 1.18. The van der Waals surface area contributed by atoms with Gasteiger partial charge in [0.05, 0.1) is 5.35 Å². The van der Waals surface area contributed by atoms with Crippen molar-refractivity contribution in [1.82, 2.24) is 4.98 Å². The average molecular weight is 161 g/mol. The number of unbranched alkanes of at least 4 members (excludes halogenated alkanes) is 1. The van der Waals surface area contributed by atoms with Gasteiger partial charge < -0.3 is 0 Å². The number of nitrogens with zero attached hydrogens (tertiary/aromatic N) is 1. The molecule has 0 spiro atoms. The molecule has 64 valence electrons. The Hall–Kier alpha value is -1.11. The van der Waals surface area contributed by atoms with Gasteiger partial charge in [0.2, 0.25) is 0 Å². The summed E-state index contributed by atoms with van der Waals surface area (Å²) in [5.41, 5.74) is 1.29. The number of aromatic nitrogens is 1. The molecule has 1 nitrogen and oxygen atoms in total. The number of rotatable bonds is 3. The summed E-state index contributed by atoms with van der Waals surface area (Å²) in [5.74, 6) is 0. The van der Waals surface area contributed by atoms with Crippen molar-refractivity contribution in [3.63, 3.8) is 0 Å². The number of pyridine rings is 1. The second-order valence-corrected chi connectivity index (χ2v) is 3.00. The first-order chi connectivity index (χ1) is 5.75. The lowest BCUT2D eigenvalue weighted by Gasteiger charge is -1.99. The lowest BCUT2D eigenvalue weighted by atomic mass is 10.1. The molecule has 0 aliphatic carbocycles. The van der Waals surface area contributed by atoms with Gasteiger partial charge in [0.1, 0.15) is 0 Å². The molecule has 1 heterocycles. The first-order valence-electron chi connectivity index (χ1n) is 4.37. The van der Waals surface area contributed by atoms with Gasteiger partial charge in [0.25, 0.3) is 0 Å². The van der Waals surface area contributed by atoms with Crippen LogP contribution in [0.3, 0.4) is 0 Å². The van der Waals surface area contributed by atoms with E-state index in [0.29, 0.717) is 0 Å². The smallest absolute Gasteiger partial charge is 0.0627 e. The third kappa shape index (κ3) is 1.94. The highest BCUT2D eigenvalue weighted by atomic mass is 14.6. The maximum atomic E-state index is 4.07. The van der Waals surface area contributed by atoms with Gasteiger partial charge in [-0.15, -0.1) is 0 Å². The molecule has 0 unspecified atom stereocenters. The zero-order valence-electron chi connectivity index (χ0n) is 7.64. The average Bonchev–Trinajstić information content (AvgIpc) is 2.08. The van der Waals surface area contributed by atoms with Crippen LogP contribution in [-0.2, 0) is 6.42 Å². The predicted octanol–water partition coefficient (Wildman–Crippen LogP) is 1.24. The second-order valence-electron chi connectivity index (χ2n) is 3.00. The SMILES string of the molecule is C=c1nccc(CCCC)c1=C. The van der Waals surface area contributed by atoms with Crippen molar-refractivity contribution in [3.05, 3.63) is 28.4 Å². The zero-order chi connectivity index (χ0) is 8.97. The zero-order valence-corrected chi connectivity index (χ0v) is 7.64. The van der Waals surface area contributed by atoms with Gasteiger partial charge in [-0.3, -0.25) is 4.98 Å². The Labute approximate surface area is 73.5 Å². The number of hydrogen-bond donors (Lipinski definition) is 0. The van der Waals surface area contributed by atoms with Crippen LogP contribution in [0.5, 0.6) is 0 Å². The van der Waals surface area contributed by atoms with Crippen molar-refractivity contribution in [3.8, 4) is 0 Å². The first kappa shape index (κ1) is 8.98. The highest BCUT2D eigenvalue weighted by Crippen LogP contribution is 1.96. The molecule has 0 aromatic carbocycles. The van der Waals surface area contributed by atoms with Gasteiger partial charge in [0, 0.05) is 6.20 Å². The van der Waals surface area contributed by atoms with Crippen LogP contribution in [0.25, 0.3) is 13.2 Å². The van der Waals surface area contributed by atoms with Gasteiger partial charge >= 0.3 is 0 Å². The van der Waals surface area contributed by atoms with Gasteiger partial charge in [-0.1, -0.05) is 26.5 Å². The van der Waals surface area contributed by atoms with E-state index in [0.717, 1.165) is 17.0 Å². The topological polar surface area (TPSA) is 12.9 Å². The minimum Gasteiger partial charge on any atom is -0.257 e. The molecule has 1 aromatic rings. The predicted molar refractivity (Wildman–Crippen MR) is 53.1 cm³/mol. The molecule has 0 saturated carbocycles. The Balaban J connectivity index is 2.93. The van der Waals surface area contributed by atoms with Crippen LogP contribution in [0.1, 0.15) is 25.3 Å². The van der Waals surface area contributed by atoms with E-state index in [-0.39, 0.29) is 0 Å². The summed E-state index contributed by atoms with van der Waals surface area (Å²) in [6.45, 7) is 9.95. The molecule has 0 fully saturated rings. The van der Waals surface area contributed by atoms with Gasteiger partial charge in [-0.25, -0.2) is 0 Å². The molecule has 0 saturated heterocycles. The van der Waals surface area contributed by atoms with Crippen LogP contribution in [0.4, 0.5) is 0 Å². The summed E-state index contributed by atoms with van der Waals surface area (Å²) in [6.07, 6.45) is 5.34. The van der Waals surface area contributed by atoms with Crippen molar-refractivity contribution in [2.45, 2.75) is 26.2 Å². The van der Waals surface area contributed by atoms with Gasteiger partial charge in [-0.2, -0.15) is 0 Å². The molecule has 0 aliphatic heterocycles. The van der Waals surface area contributed by atoms with Crippen LogP contribution in [0.2, 0.25) is 0 Å². The van der Waals surface area contributed by atoms with Crippen molar-refractivity contribution >= 4 is 13.2 Å². The molecule has 12 heavy (non-hydrogen) atoms. The van der Waals surface area contributed by atoms with Crippen LogP contribution >= 0.6 is 0 Å². The largest absolute Gasteiger partial charge is 0.257 e. The van der Waals surface area contributed by atoms with E-state index >= 15 is 0 Å². The third-order valence-electron chi connectivity index (χ3n) is 2.04. The van der Waals surface area contributed by atoms with Crippen molar-refractivity contribution in [2.75, 3.05) is 0 Å². The molecule has 0 atom stereocenters. The second kappa shape index (κ2) is 4.05. The Morgan fingerprint density at radius 1 is 1.42 bits per heavy atom. The lowest BCUT2D eigenvalue weighted by Crippen LogP contribution is -2.28. The van der Waals surface area contributed by atoms with Crippen molar-refractivity contribution in [2.24, 2.45) is 0 Å². The van der Waals surface area contributed by atoms with E-state index in [1.54, 1.807) is 0 Å². The Morgan fingerprint density at radius 2 is 2.17 bits per heavy atom. The van der Waals surface area contributed by atoms with E-state index in [4.69, 9.17) is 0 Å². The minimum atomic E-state index is 0.809. The molecular formula is C11H15N. The Bertz CT molecular complexity index is 341. The van der Waals surface area contributed by atoms with Gasteiger partial charge in [-0.05, 0) is 29.7 Å². The normalized spacial score (nSPS) is 10.1. The molecule has 1 heteroatoms. The molecule has 1 rings (SSSR count). The molecule has 1 aromatic heterocycles. The van der Waals surface area contributed by atoms with Crippen molar-refractivity contribution < 1.29 is 0 Å². The highest BCUT2D eigenvalue weighted by Gasteiger charge is 1.93. The van der Waals surface area contributed by atoms with Crippen LogP contribution in [0, 0.1) is 0 Å². The Kier molecular flexibility index (Phi) is 3.03. The van der Waals surface area contributed by atoms with Crippen LogP contribution in [-0.4, -0.2) is 4.98 Å². The van der Waals surface area contributed by atoms with E-state index in [2.05, 4.69) is 25.1 Å². The fourth-order valence-corrected chi connectivity index (χ4v) is 1.18. The molecule has 0 amide bonds. The third-order valence-corrected chi connectivity index (χ3v) is 2.04. The summed E-state index contributed by atoms with van der Waals surface area (Å²) in [4.78, 5) is 4.07. The lowest BCUT2D eigenvalue weighted by molar-refractivity contribution is 0.789. The van der Waals surface area contributed by atoms with E-state index in [1.165, 1.54) is 18.4 Å². The quantitative estimate of drug-likeness (QED) is 0.650. The standard InChI is InChI=1S/C11H15N/c1-4-5-6-11-7-8-12-10(3)9(11)2/h7-8H,2-6H2,1H3. The molecule has 0 N–H and O–H groups in total. The highest BCUT2D eigenvalue weighted by molar-refractivity contribution is 5.20. The molecule has 0 radical (unpaired) electrons. The van der Waals surface area contributed by atoms with Crippen molar-refractivity contribution in [1.29, 1.82) is 0 Å². The summed E-state index contributed by atoms with van der Waals surface area (Å²) in [6, 6.07) is 2.03. The molecule has 0 bridgehead atoms. The molecule has 0 aliphatic rings. The van der Waals surface area contributed by atoms with E-state index in [9.17, 15) is 0 Å². The maximum absolute atomic E-state index is 4.07.